The van der Waals surface area contributed by atoms with Gasteiger partial charge in [-0.2, -0.15) is 5.26 Å². The van der Waals surface area contributed by atoms with E-state index < -0.39 is 5.97 Å². The van der Waals surface area contributed by atoms with Crippen molar-refractivity contribution in [3.63, 3.8) is 0 Å². The number of ketones is 1. The first kappa shape index (κ1) is 20.1. The average molecular weight is 386 g/mol. The number of benzene rings is 2. The van der Waals surface area contributed by atoms with Crippen molar-refractivity contribution in [2.24, 2.45) is 7.05 Å². The molecule has 0 aliphatic carbocycles. The van der Waals surface area contributed by atoms with Crippen LogP contribution in [0.15, 0.2) is 54.6 Å². The third kappa shape index (κ3) is 3.70. The Balaban J connectivity index is 2.10. The topological polar surface area (TPSA) is 72.1 Å². The Morgan fingerprint density at radius 1 is 1.00 bits per heavy atom. The molecule has 2 aromatic carbocycles. The quantitative estimate of drug-likeness (QED) is 0.461. The van der Waals surface area contributed by atoms with E-state index in [1.54, 1.807) is 54.9 Å². The SMILES string of the molecule is CCOC(=O)c1c(-c2ccc(C(=O)c3ccccc3)cc2)c(C#N)c(CC)n1C. The molecule has 1 aromatic heterocycles. The van der Waals surface area contributed by atoms with Crippen molar-refractivity contribution in [1.29, 1.82) is 5.26 Å². The number of nitriles is 1. The Labute approximate surface area is 170 Å². The average Bonchev–Trinajstić information content (AvgIpc) is 3.05. The molecule has 0 aliphatic heterocycles. The summed E-state index contributed by atoms with van der Waals surface area (Å²) in [7, 11) is 1.77. The summed E-state index contributed by atoms with van der Waals surface area (Å²) >= 11 is 0. The fourth-order valence-corrected chi connectivity index (χ4v) is 3.53. The second kappa shape index (κ2) is 8.57. The van der Waals surface area contributed by atoms with Crippen LogP contribution in [0.5, 0.6) is 0 Å². The lowest BCUT2D eigenvalue weighted by Gasteiger charge is -2.09. The van der Waals surface area contributed by atoms with E-state index in [1.807, 2.05) is 25.1 Å². The van der Waals surface area contributed by atoms with Crippen LogP contribution in [0.4, 0.5) is 0 Å². The Kier molecular flexibility index (Phi) is 5.94. The number of esters is 1. The lowest BCUT2D eigenvalue weighted by molar-refractivity contribution is 0.0516. The Morgan fingerprint density at radius 3 is 2.17 bits per heavy atom. The molecule has 0 saturated carbocycles. The zero-order chi connectivity index (χ0) is 21.0. The summed E-state index contributed by atoms with van der Waals surface area (Å²) in [6, 6.07) is 18.3. The van der Waals surface area contributed by atoms with Gasteiger partial charge in [-0.15, -0.1) is 0 Å². The summed E-state index contributed by atoms with van der Waals surface area (Å²) in [5, 5.41) is 9.76. The summed E-state index contributed by atoms with van der Waals surface area (Å²) in [6.45, 7) is 3.93. The second-order valence-corrected chi connectivity index (χ2v) is 6.56. The first-order valence-corrected chi connectivity index (χ1v) is 9.52. The van der Waals surface area contributed by atoms with Crippen molar-refractivity contribution < 1.29 is 14.3 Å². The Hall–Kier alpha value is -3.65. The van der Waals surface area contributed by atoms with Gasteiger partial charge in [0.05, 0.1) is 12.2 Å². The molecule has 29 heavy (non-hydrogen) atoms. The van der Waals surface area contributed by atoms with Gasteiger partial charge in [0, 0.05) is 29.4 Å². The van der Waals surface area contributed by atoms with Crippen molar-refractivity contribution in [3.05, 3.63) is 82.7 Å². The maximum absolute atomic E-state index is 12.7. The van der Waals surface area contributed by atoms with Gasteiger partial charge >= 0.3 is 5.97 Å². The van der Waals surface area contributed by atoms with Gasteiger partial charge in [0.15, 0.2) is 5.78 Å². The molecular formula is C24H22N2O3. The number of nitrogens with zero attached hydrogens (tertiary/aromatic N) is 2. The highest BCUT2D eigenvalue weighted by molar-refractivity contribution is 6.09. The molecule has 146 valence electrons. The minimum Gasteiger partial charge on any atom is -0.461 e. The molecule has 0 amide bonds. The van der Waals surface area contributed by atoms with E-state index in [0.717, 1.165) is 5.69 Å². The van der Waals surface area contributed by atoms with Crippen LogP contribution in [0.3, 0.4) is 0 Å². The van der Waals surface area contributed by atoms with Crippen LogP contribution < -0.4 is 0 Å². The fraction of sp³-hybridized carbons (Fsp3) is 0.208. The van der Waals surface area contributed by atoms with Crippen LogP contribution in [-0.2, 0) is 18.2 Å². The number of hydrogen-bond donors (Lipinski definition) is 0. The van der Waals surface area contributed by atoms with Crippen LogP contribution >= 0.6 is 0 Å². The van der Waals surface area contributed by atoms with E-state index in [-0.39, 0.29) is 12.4 Å². The van der Waals surface area contributed by atoms with Crippen molar-refractivity contribution >= 4 is 11.8 Å². The number of ether oxygens (including phenoxy) is 1. The standard InChI is InChI=1S/C24H22N2O3/c1-4-20-19(15-25)21(22(26(20)3)24(28)29-5-2)16-11-13-18(14-12-16)23(27)17-9-7-6-8-10-17/h6-14H,4-5H2,1-3H3. The first-order chi connectivity index (χ1) is 14.0. The first-order valence-electron chi connectivity index (χ1n) is 9.52. The van der Waals surface area contributed by atoms with Gasteiger partial charge in [-0.3, -0.25) is 4.79 Å². The van der Waals surface area contributed by atoms with Gasteiger partial charge < -0.3 is 9.30 Å². The Morgan fingerprint density at radius 2 is 1.62 bits per heavy atom. The maximum atomic E-state index is 12.7. The highest BCUT2D eigenvalue weighted by Gasteiger charge is 2.27. The normalized spacial score (nSPS) is 10.4. The minimum absolute atomic E-state index is 0.0782. The summed E-state index contributed by atoms with van der Waals surface area (Å²) in [4.78, 5) is 25.3. The summed E-state index contributed by atoms with van der Waals surface area (Å²) in [5.41, 5.74) is 3.98. The molecule has 1 heterocycles. The molecule has 0 spiro atoms. The van der Waals surface area contributed by atoms with Gasteiger partial charge in [-0.05, 0) is 18.9 Å². The molecule has 5 heteroatoms. The van der Waals surface area contributed by atoms with Gasteiger partial charge in [0.1, 0.15) is 11.8 Å². The molecule has 3 rings (SSSR count). The van der Waals surface area contributed by atoms with E-state index in [2.05, 4.69) is 6.07 Å². The van der Waals surface area contributed by atoms with Crippen LogP contribution in [0.25, 0.3) is 11.1 Å². The van der Waals surface area contributed by atoms with Crippen molar-refractivity contribution in [3.8, 4) is 17.2 Å². The molecule has 0 saturated heterocycles. The van der Waals surface area contributed by atoms with Crippen molar-refractivity contribution in [2.75, 3.05) is 6.61 Å². The summed E-state index contributed by atoms with van der Waals surface area (Å²) < 4.78 is 6.96. The van der Waals surface area contributed by atoms with E-state index in [9.17, 15) is 14.9 Å². The molecule has 0 aliphatic rings. The molecular weight excluding hydrogens is 364 g/mol. The number of rotatable bonds is 6. The summed E-state index contributed by atoms with van der Waals surface area (Å²) in [5.74, 6) is -0.545. The van der Waals surface area contributed by atoms with E-state index >= 15 is 0 Å². The van der Waals surface area contributed by atoms with Crippen LogP contribution in [0.1, 0.15) is 51.5 Å². The third-order valence-corrected chi connectivity index (χ3v) is 4.90. The maximum Gasteiger partial charge on any atom is 0.355 e. The van der Waals surface area contributed by atoms with Crippen molar-refractivity contribution in [1.82, 2.24) is 4.57 Å². The number of carbonyl (C=O) groups is 2. The van der Waals surface area contributed by atoms with E-state index in [0.29, 0.717) is 39.9 Å². The van der Waals surface area contributed by atoms with Crippen LogP contribution in [0.2, 0.25) is 0 Å². The smallest absolute Gasteiger partial charge is 0.355 e. The lowest BCUT2D eigenvalue weighted by Crippen LogP contribution is -2.12. The molecule has 0 fully saturated rings. The molecule has 3 aromatic rings. The van der Waals surface area contributed by atoms with Gasteiger partial charge in [-0.25, -0.2) is 4.79 Å². The van der Waals surface area contributed by atoms with Crippen LogP contribution in [0, 0.1) is 11.3 Å². The molecule has 0 atom stereocenters. The lowest BCUT2D eigenvalue weighted by atomic mass is 9.96. The predicted octanol–water partition coefficient (Wildman–Crippen LogP) is 4.53. The number of aromatic nitrogens is 1. The molecule has 0 N–H and O–H groups in total. The molecule has 0 bridgehead atoms. The zero-order valence-electron chi connectivity index (χ0n) is 16.7. The monoisotopic (exact) mass is 386 g/mol. The van der Waals surface area contributed by atoms with Gasteiger partial charge in [0.25, 0.3) is 0 Å². The third-order valence-electron chi connectivity index (χ3n) is 4.90. The van der Waals surface area contributed by atoms with Crippen molar-refractivity contribution in [2.45, 2.75) is 20.3 Å². The molecule has 0 unspecified atom stereocenters. The highest BCUT2D eigenvalue weighted by Crippen LogP contribution is 2.33. The highest BCUT2D eigenvalue weighted by atomic mass is 16.5. The second-order valence-electron chi connectivity index (χ2n) is 6.56. The molecule has 0 radical (unpaired) electrons. The number of carbonyl (C=O) groups excluding carboxylic acids is 2. The fourth-order valence-electron chi connectivity index (χ4n) is 3.53. The minimum atomic E-state index is -0.467. The number of hydrogen-bond acceptors (Lipinski definition) is 4. The van der Waals surface area contributed by atoms with Gasteiger partial charge in [0.2, 0.25) is 0 Å². The predicted molar refractivity (Wildman–Crippen MR) is 111 cm³/mol. The van der Waals surface area contributed by atoms with Gasteiger partial charge in [-0.1, -0.05) is 61.5 Å². The van der Waals surface area contributed by atoms with E-state index in [1.165, 1.54) is 0 Å². The summed E-state index contributed by atoms with van der Waals surface area (Å²) in [6.07, 6.45) is 0.608. The zero-order valence-corrected chi connectivity index (χ0v) is 16.7. The largest absolute Gasteiger partial charge is 0.461 e. The molecule has 5 nitrogen and oxygen atoms in total. The van der Waals surface area contributed by atoms with Crippen LogP contribution in [-0.4, -0.2) is 22.9 Å². The van der Waals surface area contributed by atoms with E-state index in [4.69, 9.17) is 4.74 Å². The Bertz CT molecular complexity index is 1090.